The number of aryl methyl sites for hydroxylation is 1. The molecule has 0 aliphatic heterocycles. The highest BCUT2D eigenvalue weighted by Crippen LogP contribution is 2.25. The van der Waals surface area contributed by atoms with Crippen molar-refractivity contribution < 1.29 is 9.53 Å². The van der Waals surface area contributed by atoms with Crippen molar-refractivity contribution >= 4 is 28.3 Å². The Kier molecular flexibility index (Phi) is 5.77. The summed E-state index contributed by atoms with van der Waals surface area (Å²) in [6.07, 6.45) is 4.27. The Balaban J connectivity index is 1.69. The van der Waals surface area contributed by atoms with E-state index in [1.54, 1.807) is 0 Å². The average molecular weight is 356 g/mol. The van der Waals surface area contributed by atoms with Crippen molar-refractivity contribution in [1.29, 1.82) is 0 Å². The van der Waals surface area contributed by atoms with Crippen LogP contribution in [0.15, 0.2) is 54.7 Å². The first kappa shape index (κ1) is 17.6. The van der Waals surface area contributed by atoms with Crippen molar-refractivity contribution in [1.82, 2.24) is 4.57 Å². The third kappa shape index (κ3) is 4.05. The summed E-state index contributed by atoms with van der Waals surface area (Å²) < 4.78 is 7.90. The molecule has 2 aromatic carbocycles. The Bertz CT molecular complexity index is 869. The highest BCUT2D eigenvalue weighted by Gasteiger charge is 2.13. The minimum Gasteiger partial charge on any atom is -0.492 e. The topological polar surface area (TPSA) is 31.2 Å². The zero-order valence-electron chi connectivity index (χ0n) is 14.4. The minimum absolute atomic E-state index is 0.213. The van der Waals surface area contributed by atoms with E-state index in [0.29, 0.717) is 23.8 Å². The molecule has 0 amide bonds. The monoisotopic (exact) mass is 355 g/mol. The van der Waals surface area contributed by atoms with E-state index in [0.717, 1.165) is 35.9 Å². The standard InChI is InChI=1S/C21H22ClNO2/c1-2-8-20(24)17-15-23(19-11-5-3-9-16(17)19)13-7-14-25-21-12-6-4-10-18(21)22/h3-6,9-12,15H,2,7-8,13-14H2,1H3. The van der Waals surface area contributed by atoms with E-state index >= 15 is 0 Å². The Labute approximate surface area is 153 Å². The predicted octanol–water partition coefficient (Wildman–Crippen LogP) is 5.75. The molecule has 130 valence electrons. The van der Waals surface area contributed by atoms with Crippen molar-refractivity contribution in [3.8, 4) is 5.75 Å². The van der Waals surface area contributed by atoms with Crippen LogP contribution in [0.1, 0.15) is 36.5 Å². The number of Topliss-reactive ketones (excluding diaryl/α,β-unsaturated/α-hetero) is 1. The van der Waals surface area contributed by atoms with Gasteiger partial charge in [0.1, 0.15) is 5.75 Å². The summed E-state index contributed by atoms with van der Waals surface area (Å²) in [7, 11) is 0. The maximum Gasteiger partial charge on any atom is 0.165 e. The zero-order valence-corrected chi connectivity index (χ0v) is 15.1. The molecule has 0 aliphatic carbocycles. The van der Waals surface area contributed by atoms with Gasteiger partial charge in [0.05, 0.1) is 11.6 Å². The molecule has 0 N–H and O–H groups in total. The molecule has 25 heavy (non-hydrogen) atoms. The van der Waals surface area contributed by atoms with Crippen LogP contribution in [0, 0.1) is 0 Å². The van der Waals surface area contributed by atoms with Crippen LogP contribution in [0.5, 0.6) is 5.75 Å². The molecule has 3 nitrogen and oxygen atoms in total. The lowest BCUT2D eigenvalue weighted by atomic mass is 10.1. The average Bonchev–Trinajstić information content (AvgIpc) is 2.99. The predicted molar refractivity (Wildman–Crippen MR) is 103 cm³/mol. The molecule has 0 radical (unpaired) electrons. The number of ether oxygens (including phenoxy) is 1. The van der Waals surface area contributed by atoms with Crippen molar-refractivity contribution in [2.45, 2.75) is 32.7 Å². The maximum absolute atomic E-state index is 12.4. The summed E-state index contributed by atoms with van der Waals surface area (Å²) in [5.74, 6) is 0.921. The second kappa shape index (κ2) is 8.21. The fourth-order valence-corrected chi connectivity index (χ4v) is 3.18. The van der Waals surface area contributed by atoms with E-state index in [1.165, 1.54) is 0 Å². The van der Waals surface area contributed by atoms with E-state index in [9.17, 15) is 4.79 Å². The summed E-state index contributed by atoms with van der Waals surface area (Å²) in [6.45, 7) is 3.40. The van der Waals surface area contributed by atoms with Crippen molar-refractivity contribution in [2.75, 3.05) is 6.61 Å². The van der Waals surface area contributed by atoms with Crippen molar-refractivity contribution in [3.05, 3.63) is 65.3 Å². The van der Waals surface area contributed by atoms with Gasteiger partial charge in [-0.3, -0.25) is 4.79 Å². The number of fused-ring (bicyclic) bond motifs is 1. The summed E-state index contributed by atoms with van der Waals surface area (Å²) >= 11 is 6.10. The summed E-state index contributed by atoms with van der Waals surface area (Å²) in [6, 6.07) is 15.6. The van der Waals surface area contributed by atoms with Gasteiger partial charge in [0.2, 0.25) is 0 Å². The van der Waals surface area contributed by atoms with Gasteiger partial charge in [-0.1, -0.05) is 48.9 Å². The normalized spacial score (nSPS) is 11.0. The molecule has 0 aliphatic rings. The minimum atomic E-state index is 0.213. The first-order valence-electron chi connectivity index (χ1n) is 8.69. The summed E-state index contributed by atoms with van der Waals surface area (Å²) in [5, 5.41) is 1.66. The first-order valence-corrected chi connectivity index (χ1v) is 9.07. The van der Waals surface area contributed by atoms with E-state index < -0.39 is 0 Å². The second-order valence-electron chi connectivity index (χ2n) is 6.06. The quantitative estimate of drug-likeness (QED) is 0.380. The molecule has 0 spiro atoms. The molecular formula is C21H22ClNO2. The molecule has 0 saturated heterocycles. The lowest BCUT2D eigenvalue weighted by Gasteiger charge is -2.09. The maximum atomic E-state index is 12.4. The molecular weight excluding hydrogens is 334 g/mol. The van der Waals surface area contributed by atoms with Crippen LogP contribution in [0.4, 0.5) is 0 Å². The van der Waals surface area contributed by atoms with Crippen molar-refractivity contribution in [3.63, 3.8) is 0 Å². The fourth-order valence-electron chi connectivity index (χ4n) is 2.99. The third-order valence-corrected chi connectivity index (χ3v) is 4.52. The molecule has 1 aromatic heterocycles. The smallest absolute Gasteiger partial charge is 0.165 e. The number of aromatic nitrogens is 1. The van der Waals surface area contributed by atoms with Crippen LogP contribution in [0.2, 0.25) is 5.02 Å². The fraction of sp³-hybridized carbons (Fsp3) is 0.286. The summed E-state index contributed by atoms with van der Waals surface area (Å²) in [5.41, 5.74) is 1.92. The van der Waals surface area contributed by atoms with Crippen LogP contribution in [0.3, 0.4) is 0 Å². The Morgan fingerprint density at radius 3 is 2.68 bits per heavy atom. The number of hydrogen-bond acceptors (Lipinski definition) is 2. The number of benzene rings is 2. The Morgan fingerprint density at radius 2 is 1.88 bits per heavy atom. The molecule has 0 fully saturated rings. The van der Waals surface area contributed by atoms with Gasteiger partial charge in [0.15, 0.2) is 5.78 Å². The lowest BCUT2D eigenvalue weighted by Crippen LogP contribution is -2.04. The van der Waals surface area contributed by atoms with Crippen LogP contribution in [-0.4, -0.2) is 17.0 Å². The third-order valence-electron chi connectivity index (χ3n) is 4.20. The van der Waals surface area contributed by atoms with Gasteiger partial charge >= 0.3 is 0 Å². The Morgan fingerprint density at radius 1 is 1.12 bits per heavy atom. The molecule has 3 aromatic rings. The van der Waals surface area contributed by atoms with E-state index in [2.05, 4.69) is 10.6 Å². The van der Waals surface area contributed by atoms with E-state index in [-0.39, 0.29) is 5.78 Å². The zero-order chi connectivity index (χ0) is 17.6. The van der Waals surface area contributed by atoms with E-state index in [4.69, 9.17) is 16.3 Å². The number of nitrogens with zero attached hydrogens (tertiary/aromatic N) is 1. The van der Waals surface area contributed by atoms with Gasteiger partial charge in [-0.25, -0.2) is 0 Å². The number of carbonyl (C=O) groups excluding carboxylic acids is 1. The number of halogens is 1. The van der Waals surface area contributed by atoms with Gasteiger partial charge < -0.3 is 9.30 Å². The second-order valence-corrected chi connectivity index (χ2v) is 6.47. The largest absolute Gasteiger partial charge is 0.492 e. The number of rotatable bonds is 8. The van der Waals surface area contributed by atoms with Gasteiger partial charge in [-0.05, 0) is 31.0 Å². The SMILES string of the molecule is CCCC(=O)c1cn(CCCOc2ccccc2Cl)c2ccccc12. The van der Waals surface area contributed by atoms with Crippen molar-refractivity contribution in [2.24, 2.45) is 0 Å². The number of hydrogen-bond donors (Lipinski definition) is 0. The molecule has 3 rings (SSSR count). The van der Waals surface area contributed by atoms with Gasteiger partial charge in [-0.2, -0.15) is 0 Å². The Hall–Kier alpha value is -2.26. The molecule has 4 heteroatoms. The molecule has 0 bridgehead atoms. The molecule has 0 saturated carbocycles. The van der Waals surface area contributed by atoms with Crippen LogP contribution in [-0.2, 0) is 6.54 Å². The first-order chi connectivity index (χ1) is 12.2. The molecule has 1 heterocycles. The van der Waals surface area contributed by atoms with E-state index in [1.807, 2.05) is 55.6 Å². The van der Waals surface area contributed by atoms with Crippen LogP contribution < -0.4 is 4.74 Å². The highest BCUT2D eigenvalue weighted by atomic mass is 35.5. The molecule has 0 unspecified atom stereocenters. The van der Waals surface area contributed by atoms with Gasteiger partial charge in [0.25, 0.3) is 0 Å². The lowest BCUT2D eigenvalue weighted by molar-refractivity contribution is 0.0983. The highest BCUT2D eigenvalue weighted by molar-refractivity contribution is 6.32. The van der Waals surface area contributed by atoms with Crippen LogP contribution >= 0.6 is 11.6 Å². The number of carbonyl (C=O) groups is 1. The number of ketones is 1. The van der Waals surface area contributed by atoms with Gasteiger partial charge in [-0.15, -0.1) is 0 Å². The number of para-hydroxylation sites is 2. The molecule has 0 atom stereocenters. The summed E-state index contributed by atoms with van der Waals surface area (Å²) in [4.78, 5) is 12.4. The van der Waals surface area contributed by atoms with Crippen LogP contribution in [0.25, 0.3) is 10.9 Å². The van der Waals surface area contributed by atoms with Gasteiger partial charge in [0, 0.05) is 35.6 Å².